The molecule has 1 atom stereocenters. The quantitative estimate of drug-likeness (QED) is 0.748. The van der Waals surface area contributed by atoms with Crippen molar-refractivity contribution in [3.8, 4) is 0 Å². The summed E-state index contributed by atoms with van der Waals surface area (Å²) in [4.78, 5) is 17.6. The maximum absolute atomic E-state index is 12.6. The molecule has 118 valence electrons. The first-order chi connectivity index (χ1) is 11.1. The fourth-order valence-electron chi connectivity index (χ4n) is 2.77. The first-order valence-corrected chi connectivity index (χ1v) is 8.00. The van der Waals surface area contributed by atoms with Gasteiger partial charge in [0.2, 0.25) is 5.91 Å². The number of para-hydroxylation sites is 1. The Morgan fingerprint density at radius 3 is 2.78 bits per heavy atom. The standard InChI is InChI=1S/C19H19ClN2O/c1-13(14-6-5-7-16(20)10-14)22(2)19(23)11-15-12-21-18-9-4-3-8-17(15)18/h3-10,12-13,21H,11H2,1-2H3. The summed E-state index contributed by atoms with van der Waals surface area (Å²) in [5, 5.41) is 1.79. The van der Waals surface area contributed by atoms with Gasteiger partial charge in [-0.2, -0.15) is 0 Å². The van der Waals surface area contributed by atoms with Crippen LogP contribution in [0, 0.1) is 0 Å². The van der Waals surface area contributed by atoms with E-state index in [2.05, 4.69) is 4.98 Å². The molecule has 1 N–H and O–H groups in total. The maximum atomic E-state index is 12.6. The lowest BCUT2D eigenvalue weighted by Crippen LogP contribution is -2.30. The van der Waals surface area contributed by atoms with Gasteiger partial charge in [-0.15, -0.1) is 0 Å². The second-order valence-corrected chi connectivity index (χ2v) is 6.21. The van der Waals surface area contributed by atoms with Crippen molar-refractivity contribution in [3.63, 3.8) is 0 Å². The Kier molecular flexibility index (Phi) is 4.39. The Labute approximate surface area is 140 Å². The predicted molar refractivity (Wildman–Crippen MR) is 94.6 cm³/mol. The van der Waals surface area contributed by atoms with E-state index < -0.39 is 0 Å². The van der Waals surface area contributed by atoms with Crippen LogP contribution in [0.4, 0.5) is 0 Å². The molecule has 1 aromatic heterocycles. The van der Waals surface area contributed by atoms with E-state index in [1.54, 1.807) is 4.90 Å². The van der Waals surface area contributed by atoms with E-state index in [9.17, 15) is 4.79 Å². The minimum atomic E-state index is -0.0218. The summed E-state index contributed by atoms with van der Waals surface area (Å²) in [7, 11) is 1.84. The van der Waals surface area contributed by atoms with Crippen LogP contribution in [-0.2, 0) is 11.2 Å². The van der Waals surface area contributed by atoms with Gasteiger partial charge >= 0.3 is 0 Å². The number of nitrogens with one attached hydrogen (secondary N) is 1. The van der Waals surface area contributed by atoms with Gasteiger partial charge in [-0.1, -0.05) is 41.9 Å². The van der Waals surface area contributed by atoms with E-state index in [0.717, 1.165) is 22.0 Å². The number of hydrogen-bond acceptors (Lipinski definition) is 1. The molecule has 0 spiro atoms. The smallest absolute Gasteiger partial charge is 0.227 e. The molecule has 0 fully saturated rings. The average molecular weight is 327 g/mol. The number of rotatable bonds is 4. The lowest BCUT2D eigenvalue weighted by atomic mass is 10.1. The lowest BCUT2D eigenvalue weighted by Gasteiger charge is -2.25. The van der Waals surface area contributed by atoms with Crippen molar-refractivity contribution in [2.24, 2.45) is 0 Å². The van der Waals surface area contributed by atoms with Gasteiger partial charge in [0.15, 0.2) is 0 Å². The molecular weight excluding hydrogens is 308 g/mol. The molecule has 3 rings (SSSR count). The van der Waals surface area contributed by atoms with Gasteiger partial charge in [-0.25, -0.2) is 0 Å². The molecule has 0 aliphatic carbocycles. The van der Waals surface area contributed by atoms with Gasteiger partial charge in [-0.05, 0) is 36.2 Å². The van der Waals surface area contributed by atoms with Crippen LogP contribution in [0.25, 0.3) is 10.9 Å². The summed E-state index contributed by atoms with van der Waals surface area (Å²) in [6, 6.07) is 15.6. The molecule has 0 aliphatic rings. The summed E-state index contributed by atoms with van der Waals surface area (Å²) < 4.78 is 0. The van der Waals surface area contributed by atoms with Gasteiger partial charge in [-0.3, -0.25) is 4.79 Å². The number of nitrogens with zero attached hydrogens (tertiary/aromatic N) is 1. The highest BCUT2D eigenvalue weighted by atomic mass is 35.5. The number of benzene rings is 2. The van der Waals surface area contributed by atoms with E-state index in [1.165, 1.54) is 0 Å². The fourth-order valence-corrected chi connectivity index (χ4v) is 2.97. The van der Waals surface area contributed by atoms with Crippen LogP contribution in [0.3, 0.4) is 0 Å². The molecule has 4 heteroatoms. The van der Waals surface area contributed by atoms with Crippen molar-refractivity contribution in [1.29, 1.82) is 0 Å². The highest BCUT2D eigenvalue weighted by Crippen LogP contribution is 2.24. The molecule has 3 aromatic rings. The molecule has 23 heavy (non-hydrogen) atoms. The van der Waals surface area contributed by atoms with Crippen molar-refractivity contribution in [3.05, 3.63) is 70.9 Å². The van der Waals surface area contributed by atoms with E-state index >= 15 is 0 Å². The molecule has 2 aromatic carbocycles. The number of hydrogen-bond donors (Lipinski definition) is 1. The molecule has 1 unspecified atom stereocenters. The highest BCUT2D eigenvalue weighted by Gasteiger charge is 2.19. The minimum absolute atomic E-state index is 0.0218. The number of H-pyrrole nitrogens is 1. The first-order valence-electron chi connectivity index (χ1n) is 7.62. The zero-order chi connectivity index (χ0) is 16.4. The second-order valence-electron chi connectivity index (χ2n) is 5.77. The molecular formula is C19H19ClN2O. The molecule has 3 nitrogen and oxygen atoms in total. The number of amides is 1. The summed E-state index contributed by atoms with van der Waals surface area (Å²) in [6.45, 7) is 2.01. The molecule has 0 saturated heterocycles. The van der Waals surface area contributed by atoms with E-state index in [4.69, 9.17) is 11.6 Å². The summed E-state index contributed by atoms with van der Waals surface area (Å²) in [6.07, 6.45) is 2.30. The van der Waals surface area contributed by atoms with Gasteiger partial charge in [0.1, 0.15) is 0 Å². The summed E-state index contributed by atoms with van der Waals surface area (Å²) >= 11 is 6.05. The third kappa shape index (κ3) is 3.25. The van der Waals surface area contributed by atoms with Crippen LogP contribution < -0.4 is 0 Å². The van der Waals surface area contributed by atoms with E-state index in [1.807, 2.05) is 68.7 Å². The molecule has 1 heterocycles. The molecule has 1 amide bonds. The second kappa shape index (κ2) is 6.47. The number of aromatic amines is 1. The largest absolute Gasteiger partial charge is 0.361 e. The molecule has 0 bridgehead atoms. The summed E-state index contributed by atoms with van der Waals surface area (Å²) in [5.41, 5.74) is 3.11. The number of aromatic nitrogens is 1. The normalized spacial score (nSPS) is 12.3. The average Bonchev–Trinajstić information content (AvgIpc) is 2.96. The number of carbonyl (C=O) groups is 1. The van der Waals surface area contributed by atoms with Crippen LogP contribution in [0.1, 0.15) is 24.1 Å². The Bertz CT molecular complexity index is 840. The number of carbonyl (C=O) groups excluding carboxylic acids is 1. The van der Waals surface area contributed by atoms with Crippen LogP contribution in [0.2, 0.25) is 5.02 Å². The topological polar surface area (TPSA) is 36.1 Å². The van der Waals surface area contributed by atoms with Gasteiger partial charge in [0.25, 0.3) is 0 Å². The van der Waals surface area contributed by atoms with Crippen LogP contribution in [-0.4, -0.2) is 22.8 Å². The Morgan fingerprint density at radius 2 is 2.00 bits per heavy atom. The van der Waals surface area contributed by atoms with Crippen LogP contribution >= 0.6 is 11.6 Å². The van der Waals surface area contributed by atoms with Gasteiger partial charge in [0.05, 0.1) is 12.5 Å². The Balaban J connectivity index is 1.77. The van der Waals surface area contributed by atoms with Crippen LogP contribution in [0.5, 0.6) is 0 Å². The molecule has 0 aliphatic heterocycles. The molecule has 0 radical (unpaired) electrons. The maximum Gasteiger partial charge on any atom is 0.227 e. The number of likely N-dealkylation sites (N-methyl/N-ethyl adjacent to an activating group) is 1. The van der Waals surface area contributed by atoms with Crippen LogP contribution in [0.15, 0.2) is 54.7 Å². The van der Waals surface area contributed by atoms with Crippen molar-refractivity contribution < 1.29 is 4.79 Å². The SMILES string of the molecule is CC(c1cccc(Cl)c1)N(C)C(=O)Cc1c[nH]c2ccccc12. The van der Waals surface area contributed by atoms with E-state index in [0.29, 0.717) is 11.4 Å². The number of halogens is 1. The predicted octanol–water partition coefficient (Wildman–Crippen LogP) is 4.58. The fraction of sp³-hybridized carbons (Fsp3) is 0.211. The number of fused-ring (bicyclic) bond motifs is 1. The molecule has 0 saturated carbocycles. The van der Waals surface area contributed by atoms with Gasteiger partial charge in [0, 0.05) is 29.2 Å². The van der Waals surface area contributed by atoms with Gasteiger partial charge < -0.3 is 9.88 Å². The third-order valence-corrected chi connectivity index (χ3v) is 4.56. The van der Waals surface area contributed by atoms with Crippen molar-refractivity contribution in [1.82, 2.24) is 9.88 Å². The van der Waals surface area contributed by atoms with E-state index in [-0.39, 0.29) is 11.9 Å². The zero-order valence-corrected chi connectivity index (χ0v) is 14.0. The van der Waals surface area contributed by atoms with Crippen molar-refractivity contribution in [2.75, 3.05) is 7.05 Å². The lowest BCUT2D eigenvalue weighted by molar-refractivity contribution is -0.131. The third-order valence-electron chi connectivity index (χ3n) is 4.32. The Hall–Kier alpha value is -2.26. The van der Waals surface area contributed by atoms with Crippen molar-refractivity contribution in [2.45, 2.75) is 19.4 Å². The zero-order valence-electron chi connectivity index (χ0n) is 13.2. The summed E-state index contributed by atoms with van der Waals surface area (Å²) in [5.74, 6) is 0.0854. The monoisotopic (exact) mass is 326 g/mol. The first kappa shape index (κ1) is 15.6. The Morgan fingerprint density at radius 1 is 1.22 bits per heavy atom. The highest BCUT2D eigenvalue weighted by molar-refractivity contribution is 6.30. The van der Waals surface area contributed by atoms with Crippen molar-refractivity contribution >= 4 is 28.4 Å². The minimum Gasteiger partial charge on any atom is -0.361 e.